The van der Waals surface area contributed by atoms with Crippen molar-refractivity contribution in [3.8, 4) is 0 Å². The van der Waals surface area contributed by atoms with Crippen molar-refractivity contribution >= 4 is 23.2 Å². The van der Waals surface area contributed by atoms with E-state index in [0.29, 0.717) is 10.0 Å². The lowest BCUT2D eigenvalue weighted by Crippen LogP contribution is -2.46. The molecule has 152 valence electrons. The molecule has 1 aliphatic carbocycles. The minimum atomic E-state index is -0.137. The molecular weight excluding hydrogens is 385 g/mol. The molecule has 3 heteroatoms. The second kappa shape index (κ2) is 7.67. The molecule has 0 N–H and O–H groups in total. The van der Waals surface area contributed by atoms with E-state index in [-0.39, 0.29) is 41.4 Å². The summed E-state index contributed by atoms with van der Waals surface area (Å²) in [5.74, 6) is 0.0738. The topological polar surface area (TPSA) is 3.24 Å². The summed E-state index contributed by atoms with van der Waals surface area (Å²) in [7, 11) is 2.11. The van der Waals surface area contributed by atoms with Gasteiger partial charge >= 0.3 is 0 Å². The van der Waals surface area contributed by atoms with E-state index in [1.54, 1.807) is 0 Å². The molecule has 28 heavy (non-hydrogen) atoms. The number of fused-ring (bicyclic) bond motifs is 1. The molecule has 0 aliphatic heterocycles. The van der Waals surface area contributed by atoms with Gasteiger partial charge in [-0.2, -0.15) is 0 Å². The van der Waals surface area contributed by atoms with Crippen LogP contribution in [0, 0.1) is 32.1 Å². The molecule has 1 aliphatic rings. The summed E-state index contributed by atoms with van der Waals surface area (Å²) in [6.45, 7) is 15.8. The Morgan fingerprint density at radius 1 is 1.11 bits per heavy atom. The van der Waals surface area contributed by atoms with Crippen molar-refractivity contribution in [2.24, 2.45) is 11.3 Å². The highest BCUT2D eigenvalue weighted by molar-refractivity contribution is 6.42. The van der Waals surface area contributed by atoms with E-state index in [9.17, 15) is 0 Å². The van der Waals surface area contributed by atoms with Crippen LogP contribution in [0.15, 0.2) is 24.2 Å². The normalized spacial score (nSPS) is 25.2. The van der Waals surface area contributed by atoms with Gasteiger partial charge in [0.25, 0.3) is 0 Å². The lowest BCUT2D eigenvalue weighted by Gasteiger charge is -2.53. The molecule has 0 saturated carbocycles. The Hall–Kier alpha value is -1.02. The summed E-state index contributed by atoms with van der Waals surface area (Å²) in [6.07, 6.45) is 0. The van der Waals surface area contributed by atoms with E-state index in [0.717, 1.165) is 39.9 Å². The third-order valence-corrected chi connectivity index (χ3v) is 8.08. The Bertz CT molecular complexity index is 1050. The lowest BCUT2D eigenvalue weighted by atomic mass is 9.57. The molecule has 0 bridgehead atoms. The van der Waals surface area contributed by atoms with Crippen LogP contribution in [0.2, 0.25) is 10.0 Å². The van der Waals surface area contributed by atoms with E-state index < -0.39 is 0 Å². The van der Waals surface area contributed by atoms with Crippen molar-refractivity contribution in [1.82, 2.24) is 4.90 Å². The first-order chi connectivity index (χ1) is 14.3. The average Bonchev–Trinajstić information content (AvgIpc) is 2.72. The van der Waals surface area contributed by atoms with Gasteiger partial charge in [-0.3, -0.25) is 4.90 Å². The minimum Gasteiger partial charge on any atom is -0.299 e. The minimum absolute atomic E-state index is 0.000457. The van der Waals surface area contributed by atoms with Gasteiger partial charge in [0, 0.05) is 12.0 Å². The highest BCUT2D eigenvalue weighted by atomic mass is 35.5. The Labute approximate surface area is 185 Å². The molecule has 0 heterocycles. The number of halogens is 2. The summed E-state index contributed by atoms with van der Waals surface area (Å²) >= 11 is 13.0. The Kier molecular flexibility index (Phi) is 4.88. The van der Waals surface area contributed by atoms with Crippen molar-refractivity contribution in [2.75, 3.05) is 13.6 Å². The van der Waals surface area contributed by atoms with E-state index >= 15 is 0 Å². The molecule has 0 amide bonds. The zero-order chi connectivity index (χ0) is 23.6. The van der Waals surface area contributed by atoms with E-state index in [2.05, 4.69) is 46.6 Å². The highest BCUT2D eigenvalue weighted by Gasteiger charge is 2.48. The van der Waals surface area contributed by atoms with Gasteiger partial charge in [-0.25, -0.2) is 0 Å². The number of rotatable bonds is 3. The molecule has 3 rings (SSSR count). The van der Waals surface area contributed by atoms with Gasteiger partial charge in [0.15, 0.2) is 0 Å². The van der Waals surface area contributed by atoms with Crippen molar-refractivity contribution in [3.63, 3.8) is 0 Å². The fourth-order valence-electron chi connectivity index (χ4n) is 5.01. The van der Waals surface area contributed by atoms with Gasteiger partial charge in [-0.15, -0.1) is 0 Å². The Morgan fingerprint density at radius 3 is 2.36 bits per heavy atom. The largest absolute Gasteiger partial charge is 0.299 e. The van der Waals surface area contributed by atoms with Crippen molar-refractivity contribution < 1.29 is 4.11 Å². The quantitative estimate of drug-likeness (QED) is 0.490. The fraction of sp³-hybridized carbons (Fsp3) is 0.520. The number of nitrogens with zero attached hydrogens (tertiary/aromatic N) is 1. The van der Waals surface area contributed by atoms with Crippen molar-refractivity contribution in [3.05, 3.63) is 67.6 Å². The maximum Gasteiger partial charge on any atom is 0.0626 e. The molecule has 1 unspecified atom stereocenters. The summed E-state index contributed by atoms with van der Waals surface area (Å²) in [4.78, 5) is 2.31. The van der Waals surface area contributed by atoms with Crippen LogP contribution < -0.4 is 0 Å². The first kappa shape index (κ1) is 17.8. The fourth-order valence-corrected chi connectivity index (χ4v) is 5.47. The molecule has 0 radical (unpaired) electrons. The maximum absolute atomic E-state index is 8.93. The first-order valence-electron chi connectivity index (χ1n) is 11.5. The lowest BCUT2D eigenvalue weighted by molar-refractivity contribution is 0.0444. The van der Waals surface area contributed by atoms with Gasteiger partial charge in [0.1, 0.15) is 0 Å². The first-order valence-corrected chi connectivity index (χ1v) is 10.8. The van der Waals surface area contributed by atoms with E-state index in [4.69, 9.17) is 27.3 Å². The van der Waals surface area contributed by atoms with E-state index in [1.807, 2.05) is 19.9 Å². The molecule has 0 spiro atoms. The van der Waals surface area contributed by atoms with Crippen LogP contribution in [0.25, 0.3) is 0 Å². The summed E-state index contributed by atoms with van der Waals surface area (Å²) in [5, 5.41) is 1.09. The van der Waals surface area contributed by atoms with Crippen LogP contribution in [-0.4, -0.2) is 18.5 Å². The standard InChI is InChI=1S/C25H33Cl2N/c1-9-28(8)24-21-14(2)11-10-12-18(21)22(17(5)25(24,6)7)19-13-20(26)23(27)16(4)15(19)3/h10-13,17,22,24H,9H2,1-8H3/t17?,22-,24-/m1/s1/i10D,11D,12D. The SMILES string of the molecule is [2H]c1c([2H])c(C)c2c(c1[2H])[C@H](c1cc(Cl)c(Cl)c(C)c1C)C(C)C(C)(C)[C@@H]2N(C)CC. The maximum atomic E-state index is 8.93. The van der Waals surface area contributed by atoms with Crippen LogP contribution in [0.4, 0.5) is 0 Å². The van der Waals surface area contributed by atoms with Crippen LogP contribution >= 0.6 is 23.2 Å². The van der Waals surface area contributed by atoms with Gasteiger partial charge < -0.3 is 0 Å². The number of benzene rings is 2. The monoisotopic (exact) mass is 420 g/mol. The van der Waals surface area contributed by atoms with Crippen LogP contribution in [-0.2, 0) is 0 Å². The van der Waals surface area contributed by atoms with Gasteiger partial charge in [0.05, 0.1) is 14.2 Å². The van der Waals surface area contributed by atoms with Crippen LogP contribution in [0.1, 0.15) is 77.1 Å². The summed E-state index contributed by atoms with van der Waals surface area (Å²) in [5.41, 5.74) is 5.67. The van der Waals surface area contributed by atoms with Gasteiger partial charge in [-0.1, -0.05) is 69.0 Å². The predicted molar refractivity (Wildman–Crippen MR) is 123 cm³/mol. The zero-order valence-corrected chi connectivity index (χ0v) is 19.7. The highest BCUT2D eigenvalue weighted by Crippen LogP contribution is 2.58. The smallest absolute Gasteiger partial charge is 0.0626 e. The predicted octanol–water partition coefficient (Wildman–Crippen LogP) is 7.72. The van der Waals surface area contributed by atoms with Gasteiger partial charge in [-0.05, 0) is 85.1 Å². The molecule has 0 saturated heterocycles. The molecule has 3 atom stereocenters. The summed E-state index contributed by atoms with van der Waals surface area (Å²) < 4.78 is 26.0. The van der Waals surface area contributed by atoms with Crippen LogP contribution in [0.3, 0.4) is 0 Å². The molecule has 2 aromatic carbocycles. The van der Waals surface area contributed by atoms with Crippen molar-refractivity contribution in [2.45, 2.75) is 60.4 Å². The molecule has 0 aromatic heterocycles. The number of hydrogen-bond donors (Lipinski definition) is 0. The zero-order valence-electron chi connectivity index (χ0n) is 21.2. The third kappa shape index (κ3) is 3.20. The van der Waals surface area contributed by atoms with Gasteiger partial charge in [0.2, 0.25) is 0 Å². The van der Waals surface area contributed by atoms with Crippen molar-refractivity contribution in [1.29, 1.82) is 0 Å². The average molecular weight is 421 g/mol. The van der Waals surface area contributed by atoms with Crippen LogP contribution in [0.5, 0.6) is 0 Å². The Morgan fingerprint density at radius 2 is 1.75 bits per heavy atom. The second-order valence-corrected chi connectivity index (χ2v) is 9.69. The summed E-state index contributed by atoms with van der Waals surface area (Å²) in [6, 6.07) is 2.32. The second-order valence-electron chi connectivity index (χ2n) is 8.90. The third-order valence-electron chi connectivity index (χ3n) is 7.20. The number of hydrogen-bond acceptors (Lipinski definition) is 1. The molecule has 2 aromatic rings. The molecular formula is C25H33Cl2N. The van der Waals surface area contributed by atoms with E-state index in [1.165, 1.54) is 0 Å². The molecule has 0 fully saturated rings. The molecule has 1 nitrogen and oxygen atoms in total. The Balaban J connectivity index is 2.50.